The van der Waals surface area contributed by atoms with Crippen molar-refractivity contribution in [2.45, 2.75) is 45.0 Å². The molecule has 0 saturated carbocycles. The number of rotatable bonds is 2. The van der Waals surface area contributed by atoms with Crippen LogP contribution >= 0.6 is 0 Å². The molecule has 0 aliphatic carbocycles. The summed E-state index contributed by atoms with van der Waals surface area (Å²) in [4.78, 5) is 13.5. The Morgan fingerprint density at radius 1 is 1.30 bits per heavy atom. The summed E-state index contributed by atoms with van der Waals surface area (Å²) >= 11 is 0. The van der Waals surface area contributed by atoms with Crippen molar-refractivity contribution in [3.05, 3.63) is 29.8 Å². The predicted octanol–water partition coefficient (Wildman–Crippen LogP) is 4.13. The van der Waals surface area contributed by atoms with Gasteiger partial charge in [0.2, 0.25) is 0 Å². The van der Waals surface area contributed by atoms with Gasteiger partial charge in [-0.1, -0.05) is 6.07 Å². The third-order valence-corrected chi connectivity index (χ3v) is 3.40. The Kier molecular flexibility index (Phi) is 4.77. The summed E-state index contributed by atoms with van der Waals surface area (Å²) in [5.74, 6) is 0. The topological polar surface area (TPSA) is 41.6 Å². The molecule has 1 atom stereocenters. The van der Waals surface area contributed by atoms with Crippen molar-refractivity contribution in [1.82, 2.24) is 4.90 Å². The van der Waals surface area contributed by atoms with E-state index in [1.165, 1.54) is 6.07 Å². The zero-order chi connectivity index (χ0) is 17.3. The van der Waals surface area contributed by atoms with Crippen molar-refractivity contribution < 1.29 is 22.7 Å². The lowest BCUT2D eigenvalue weighted by Gasteiger charge is -2.24. The molecule has 1 aliphatic heterocycles. The van der Waals surface area contributed by atoms with E-state index in [9.17, 15) is 18.0 Å². The summed E-state index contributed by atoms with van der Waals surface area (Å²) in [6.45, 7) is 6.30. The summed E-state index contributed by atoms with van der Waals surface area (Å²) in [6, 6.07) is 4.98. The molecule has 0 radical (unpaired) electrons. The zero-order valence-electron chi connectivity index (χ0n) is 13.4. The minimum absolute atomic E-state index is 0.0917. The second-order valence-corrected chi connectivity index (χ2v) is 6.63. The Morgan fingerprint density at radius 3 is 2.61 bits per heavy atom. The van der Waals surface area contributed by atoms with Crippen molar-refractivity contribution in [1.29, 1.82) is 0 Å². The van der Waals surface area contributed by atoms with E-state index in [1.807, 2.05) is 0 Å². The lowest BCUT2D eigenvalue weighted by atomic mass is 10.1. The van der Waals surface area contributed by atoms with Crippen molar-refractivity contribution in [3.8, 4) is 0 Å². The van der Waals surface area contributed by atoms with Crippen LogP contribution in [0.4, 0.5) is 23.7 Å². The Morgan fingerprint density at radius 2 is 2.00 bits per heavy atom. The molecule has 1 aromatic rings. The molecule has 7 heteroatoms. The average molecular weight is 330 g/mol. The second-order valence-electron chi connectivity index (χ2n) is 6.63. The van der Waals surface area contributed by atoms with Gasteiger partial charge in [-0.25, -0.2) is 4.79 Å². The van der Waals surface area contributed by atoms with Gasteiger partial charge in [-0.05, 0) is 45.4 Å². The molecule has 1 N–H and O–H groups in total. The smallest absolute Gasteiger partial charge is 0.416 e. The van der Waals surface area contributed by atoms with E-state index in [0.29, 0.717) is 25.2 Å². The van der Waals surface area contributed by atoms with Gasteiger partial charge in [0.1, 0.15) is 5.60 Å². The molecule has 0 aromatic heterocycles. The fraction of sp³-hybridized carbons (Fsp3) is 0.562. The minimum atomic E-state index is -4.37. The maximum atomic E-state index is 12.7. The van der Waals surface area contributed by atoms with E-state index in [2.05, 4.69) is 5.32 Å². The van der Waals surface area contributed by atoms with Crippen LogP contribution in [0.25, 0.3) is 0 Å². The van der Waals surface area contributed by atoms with E-state index in [-0.39, 0.29) is 6.04 Å². The van der Waals surface area contributed by atoms with Crippen molar-refractivity contribution in [3.63, 3.8) is 0 Å². The molecule has 1 fully saturated rings. The van der Waals surface area contributed by atoms with Gasteiger partial charge >= 0.3 is 12.3 Å². The monoisotopic (exact) mass is 330 g/mol. The maximum absolute atomic E-state index is 12.7. The number of carbonyl (C=O) groups excluding carboxylic acids is 1. The maximum Gasteiger partial charge on any atom is 0.416 e. The molecule has 0 spiro atoms. The molecule has 1 saturated heterocycles. The first kappa shape index (κ1) is 17.4. The first-order chi connectivity index (χ1) is 10.5. The van der Waals surface area contributed by atoms with Crippen LogP contribution in [0.1, 0.15) is 32.8 Å². The first-order valence-corrected chi connectivity index (χ1v) is 7.46. The van der Waals surface area contributed by atoms with Crippen molar-refractivity contribution in [2.24, 2.45) is 0 Å². The molecule has 2 rings (SSSR count). The number of hydrogen-bond acceptors (Lipinski definition) is 3. The summed E-state index contributed by atoms with van der Waals surface area (Å²) in [5, 5.41) is 3.05. The lowest BCUT2D eigenvalue weighted by Crippen LogP contribution is -2.36. The number of amides is 1. The van der Waals surface area contributed by atoms with Crippen LogP contribution in [0.3, 0.4) is 0 Å². The molecule has 1 heterocycles. The highest BCUT2D eigenvalue weighted by Gasteiger charge is 2.32. The van der Waals surface area contributed by atoms with Gasteiger partial charge in [0.25, 0.3) is 0 Å². The number of nitrogens with one attached hydrogen (secondary N) is 1. The number of hydrogen-bond donors (Lipinski definition) is 1. The third kappa shape index (κ3) is 5.04. The lowest BCUT2D eigenvalue weighted by molar-refractivity contribution is -0.137. The second kappa shape index (κ2) is 6.29. The molecule has 1 aliphatic rings. The number of benzene rings is 1. The Hall–Kier alpha value is -1.92. The number of alkyl halides is 3. The number of halogens is 3. The fourth-order valence-corrected chi connectivity index (χ4v) is 2.39. The molecular weight excluding hydrogens is 309 g/mol. The summed E-state index contributed by atoms with van der Waals surface area (Å²) in [5.41, 5.74) is -0.857. The molecule has 128 valence electrons. The minimum Gasteiger partial charge on any atom is -0.444 e. The normalized spacial score (nSPS) is 18.9. The molecule has 1 aromatic carbocycles. The van der Waals surface area contributed by atoms with Crippen LogP contribution in [0.15, 0.2) is 24.3 Å². The Bertz CT molecular complexity index is 567. The predicted molar refractivity (Wildman–Crippen MR) is 81.3 cm³/mol. The highest BCUT2D eigenvalue weighted by atomic mass is 19.4. The quantitative estimate of drug-likeness (QED) is 0.886. The molecule has 0 bridgehead atoms. The summed E-state index contributed by atoms with van der Waals surface area (Å²) in [6.07, 6.45) is -4.10. The highest BCUT2D eigenvalue weighted by Crippen LogP contribution is 2.31. The van der Waals surface area contributed by atoms with Gasteiger partial charge in [0.05, 0.1) is 5.56 Å². The van der Waals surface area contributed by atoms with Gasteiger partial charge < -0.3 is 15.0 Å². The van der Waals surface area contributed by atoms with Crippen LogP contribution < -0.4 is 5.32 Å². The fourth-order valence-electron chi connectivity index (χ4n) is 2.39. The Labute approximate surface area is 133 Å². The van der Waals surface area contributed by atoms with E-state index >= 15 is 0 Å². The van der Waals surface area contributed by atoms with E-state index in [4.69, 9.17) is 4.74 Å². The molecular formula is C16H21F3N2O2. The third-order valence-electron chi connectivity index (χ3n) is 3.40. The summed E-state index contributed by atoms with van der Waals surface area (Å²) < 4.78 is 43.4. The first-order valence-electron chi connectivity index (χ1n) is 7.46. The standard InChI is InChI=1S/C16H21F3N2O2/c1-15(2,3)23-14(22)21-8-7-13(10-21)20-12-6-4-5-11(9-12)16(17,18)19/h4-6,9,13,20H,7-8,10H2,1-3H3. The molecule has 1 amide bonds. The van der Waals surface area contributed by atoms with Crippen LogP contribution in [0.2, 0.25) is 0 Å². The Balaban J connectivity index is 1.95. The van der Waals surface area contributed by atoms with Crippen LogP contribution in [0.5, 0.6) is 0 Å². The zero-order valence-corrected chi connectivity index (χ0v) is 13.4. The highest BCUT2D eigenvalue weighted by molar-refractivity contribution is 5.68. The number of likely N-dealkylation sites (tertiary alicyclic amines) is 1. The number of carbonyl (C=O) groups is 1. The summed E-state index contributed by atoms with van der Waals surface area (Å²) in [7, 11) is 0. The molecule has 4 nitrogen and oxygen atoms in total. The van der Waals surface area contributed by atoms with Crippen molar-refractivity contribution in [2.75, 3.05) is 18.4 Å². The van der Waals surface area contributed by atoms with Crippen LogP contribution in [0, 0.1) is 0 Å². The van der Waals surface area contributed by atoms with E-state index < -0.39 is 23.4 Å². The van der Waals surface area contributed by atoms with Crippen LogP contribution in [-0.4, -0.2) is 35.7 Å². The SMILES string of the molecule is CC(C)(C)OC(=O)N1CCC(Nc2cccc(C(F)(F)F)c2)C1. The van der Waals surface area contributed by atoms with Gasteiger partial charge in [-0.2, -0.15) is 13.2 Å². The van der Waals surface area contributed by atoms with Gasteiger partial charge in [-0.3, -0.25) is 0 Å². The largest absolute Gasteiger partial charge is 0.444 e. The van der Waals surface area contributed by atoms with Crippen LogP contribution in [-0.2, 0) is 10.9 Å². The van der Waals surface area contributed by atoms with Gasteiger partial charge in [-0.15, -0.1) is 0 Å². The average Bonchev–Trinajstić information content (AvgIpc) is 2.85. The van der Waals surface area contributed by atoms with Crippen molar-refractivity contribution >= 4 is 11.8 Å². The van der Waals surface area contributed by atoms with E-state index in [0.717, 1.165) is 12.1 Å². The number of nitrogens with zero attached hydrogens (tertiary/aromatic N) is 1. The van der Waals surface area contributed by atoms with Gasteiger partial charge in [0.15, 0.2) is 0 Å². The van der Waals surface area contributed by atoms with E-state index in [1.54, 1.807) is 31.7 Å². The number of anilines is 1. The molecule has 23 heavy (non-hydrogen) atoms. The number of ether oxygens (including phenoxy) is 1. The van der Waals surface area contributed by atoms with Gasteiger partial charge in [0, 0.05) is 24.8 Å². The molecule has 1 unspecified atom stereocenters.